The lowest BCUT2D eigenvalue weighted by Crippen LogP contribution is -2.33. The molecule has 0 amide bonds. The molecule has 0 fully saturated rings. The number of benzene rings is 1. The molecule has 0 saturated heterocycles. The summed E-state index contributed by atoms with van der Waals surface area (Å²) in [6.45, 7) is 7.80. The summed E-state index contributed by atoms with van der Waals surface area (Å²) in [7, 11) is 0. The highest BCUT2D eigenvalue weighted by Crippen LogP contribution is 2.30. The number of halogens is 2. The second-order valence-electron chi connectivity index (χ2n) is 4.72. The quantitative estimate of drug-likeness (QED) is 0.584. The lowest BCUT2D eigenvalue weighted by atomic mass is 10.1. The Hall–Kier alpha value is -0.210. The van der Waals surface area contributed by atoms with Crippen LogP contribution in [0.25, 0.3) is 0 Å². The molecule has 0 saturated carbocycles. The van der Waals surface area contributed by atoms with Crippen molar-refractivity contribution in [1.29, 1.82) is 0 Å². The molecule has 1 rings (SSSR count). The van der Waals surface area contributed by atoms with Crippen molar-refractivity contribution < 1.29 is 0 Å². The number of alkyl halides is 1. The van der Waals surface area contributed by atoms with E-state index < -0.39 is 0 Å². The molecule has 0 aromatic heterocycles. The van der Waals surface area contributed by atoms with E-state index in [4.69, 9.17) is 11.6 Å². The van der Waals surface area contributed by atoms with Crippen LogP contribution < -0.4 is 4.90 Å². The molecule has 1 atom stereocenters. The summed E-state index contributed by atoms with van der Waals surface area (Å²) < 4.78 is 0. The second kappa shape index (κ2) is 8.06. The van der Waals surface area contributed by atoms with Gasteiger partial charge < -0.3 is 4.90 Å². The Morgan fingerprint density at radius 2 is 2.06 bits per heavy atom. The first-order valence-electron chi connectivity index (χ1n) is 6.75. The van der Waals surface area contributed by atoms with Crippen LogP contribution in [-0.2, 0) is 5.33 Å². The normalized spacial score (nSPS) is 12.5. The van der Waals surface area contributed by atoms with Crippen LogP contribution in [0.4, 0.5) is 5.69 Å². The smallest absolute Gasteiger partial charge is 0.0642 e. The number of rotatable bonds is 7. The maximum absolute atomic E-state index is 6.42. The second-order valence-corrected chi connectivity index (χ2v) is 5.69. The third kappa shape index (κ3) is 4.17. The van der Waals surface area contributed by atoms with Crippen molar-refractivity contribution in [1.82, 2.24) is 0 Å². The number of hydrogen-bond donors (Lipinski definition) is 0. The average molecular weight is 333 g/mol. The first-order valence-corrected chi connectivity index (χ1v) is 8.25. The van der Waals surface area contributed by atoms with Crippen LogP contribution in [-0.4, -0.2) is 12.6 Å². The molecule has 3 heteroatoms. The van der Waals surface area contributed by atoms with E-state index in [0.29, 0.717) is 6.04 Å². The van der Waals surface area contributed by atoms with Gasteiger partial charge in [-0.1, -0.05) is 53.9 Å². The molecule has 1 unspecified atom stereocenters. The molecule has 0 aliphatic rings. The Bertz CT molecular complexity index is 368. The summed E-state index contributed by atoms with van der Waals surface area (Å²) in [5.41, 5.74) is 2.40. The topological polar surface area (TPSA) is 3.24 Å². The predicted octanol–water partition coefficient (Wildman–Crippen LogP) is 5.64. The average Bonchev–Trinajstić information content (AvgIpc) is 2.39. The molecule has 102 valence electrons. The van der Waals surface area contributed by atoms with Crippen LogP contribution in [0, 0.1) is 0 Å². The van der Waals surface area contributed by atoms with Gasteiger partial charge in [-0.2, -0.15) is 0 Å². The van der Waals surface area contributed by atoms with Gasteiger partial charge in [0.1, 0.15) is 0 Å². The molecule has 0 heterocycles. The number of nitrogens with zero attached hydrogens (tertiary/aromatic N) is 1. The van der Waals surface area contributed by atoms with E-state index in [1.165, 1.54) is 24.1 Å². The fraction of sp³-hybridized carbons (Fsp3) is 0.600. The van der Waals surface area contributed by atoms with E-state index in [2.05, 4.69) is 59.8 Å². The van der Waals surface area contributed by atoms with E-state index in [0.717, 1.165) is 23.3 Å². The molecule has 1 aromatic rings. The lowest BCUT2D eigenvalue weighted by molar-refractivity contribution is 0.596. The van der Waals surface area contributed by atoms with E-state index in [-0.39, 0.29) is 0 Å². The lowest BCUT2D eigenvalue weighted by Gasteiger charge is -2.31. The van der Waals surface area contributed by atoms with E-state index in [9.17, 15) is 0 Å². The van der Waals surface area contributed by atoms with Crippen molar-refractivity contribution >= 4 is 33.2 Å². The summed E-state index contributed by atoms with van der Waals surface area (Å²) in [5.74, 6) is 0. The zero-order valence-electron chi connectivity index (χ0n) is 11.5. The zero-order valence-corrected chi connectivity index (χ0v) is 13.9. The Labute approximate surface area is 125 Å². The molecule has 0 N–H and O–H groups in total. The van der Waals surface area contributed by atoms with Crippen LogP contribution in [0.1, 0.15) is 45.6 Å². The zero-order chi connectivity index (χ0) is 13.5. The molecule has 0 radical (unpaired) electrons. The first-order chi connectivity index (χ1) is 8.63. The van der Waals surface area contributed by atoms with Crippen molar-refractivity contribution in [3.05, 3.63) is 28.8 Å². The molecule has 0 bridgehead atoms. The van der Waals surface area contributed by atoms with Gasteiger partial charge >= 0.3 is 0 Å². The highest BCUT2D eigenvalue weighted by Gasteiger charge is 2.15. The fourth-order valence-electron chi connectivity index (χ4n) is 1.99. The van der Waals surface area contributed by atoms with Gasteiger partial charge in [0.2, 0.25) is 0 Å². The summed E-state index contributed by atoms with van der Waals surface area (Å²) >= 11 is 9.89. The van der Waals surface area contributed by atoms with Crippen LogP contribution in [0.5, 0.6) is 0 Å². The van der Waals surface area contributed by atoms with E-state index in [1.807, 2.05) is 0 Å². The Kier molecular flexibility index (Phi) is 7.10. The standard InChI is InChI=1S/C15H23BrClN/c1-4-6-9-18(12(3)5-2)15-8-7-13(11-16)10-14(15)17/h7-8,10,12H,4-6,9,11H2,1-3H3. The highest BCUT2D eigenvalue weighted by molar-refractivity contribution is 9.08. The SMILES string of the molecule is CCCCN(c1ccc(CBr)cc1Cl)C(C)CC. The molecule has 0 spiro atoms. The maximum Gasteiger partial charge on any atom is 0.0642 e. The van der Waals surface area contributed by atoms with Gasteiger partial charge in [0.05, 0.1) is 10.7 Å². The van der Waals surface area contributed by atoms with Gasteiger partial charge in [-0.3, -0.25) is 0 Å². The summed E-state index contributed by atoms with van der Waals surface area (Å²) in [6, 6.07) is 6.90. The van der Waals surface area contributed by atoms with Gasteiger partial charge in [-0.05, 0) is 37.5 Å². The van der Waals surface area contributed by atoms with Gasteiger partial charge in [0, 0.05) is 17.9 Å². The molecule has 1 aromatic carbocycles. The van der Waals surface area contributed by atoms with Crippen molar-refractivity contribution in [2.45, 2.75) is 51.4 Å². The summed E-state index contributed by atoms with van der Waals surface area (Å²) in [4.78, 5) is 2.43. The van der Waals surface area contributed by atoms with Crippen molar-refractivity contribution in [3.8, 4) is 0 Å². The Morgan fingerprint density at radius 3 is 2.56 bits per heavy atom. The van der Waals surface area contributed by atoms with Crippen LogP contribution >= 0.6 is 27.5 Å². The third-order valence-corrected chi connectivity index (χ3v) is 4.30. The van der Waals surface area contributed by atoms with E-state index >= 15 is 0 Å². The van der Waals surface area contributed by atoms with Gasteiger partial charge in [-0.15, -0.1) is 0 Å². The largest absolute Gasteiger partial charge is 0.368 e. The first kappa shape index (κ1) is 15.8. The molecule has 1 nitrogen and oxygen atoms in total. The monoisotopic (exact) mass is 331 g/mol. The van der Waals surface area contributed by atoms with Crippen molar-refractivity contribution in [3.63, 3.8) is 0 Å². The van der Waals surface area contributed by atoms with Gasteiger partial charge in [0.25, 0.3) is 0 Å². The Balaban J connectivity index is 2.96. The van der Waals surface area contributed by atoms with Gasteiger partial charge in [-0.25, -0.2) is 0 Å². The van der Waals surface area contributed by atoms with E-state index in [1.54, 1.807) is 0 Å². The summed E-state index contributed by atoms with van der Waals surface area (Å²) in [6.07, 6.45) is 3.56. The number of anilines is 1. The molecule has 0 aliphatic heterocycles. The van der Waals surface area contributed by atoms with Crippen LogP contribution in [0.15, 0.2) is 18.2 Å². The number of hydrogen-bond acceptors (Lipinski definition) is 1. The van der Waals surface area contributed by atoms with Crippen molar-refractivity contribution in [2.75, 3.05) is 11.4 Å². The molecule has 18 heavy (non-hydrogen) atoms. The maximum atomic E-state index is 6.42. The van der Waals surface area contributed by atoms with Crippen LogP contribution in [0.2, 0.25) is 5.02 Å². The molecular weight excluding hydrogens is 310 g/mol. The van der Waals surface area contributed by atoms with Gasteiger partial charge in [0.15, 0.2) is 0 Å². The molecule has 0 aliphatic carbocycles. The Morgan fingerprint density at radius 1 is 1.33 bits per heavy atom. The minimum absolute atomic E-state index is 0.531. The molecular formula is C15H23BrClN. The van der Waals surface area contributed by atoms with Crippen molar-refractivity contribution in [2.24, 2.45) is 0 Å². The third-order valence-electron chi connectivity index (χ3n) is 3.35. The summed E-state index contributed by atoms with van der Waals surface area (Å²) in [5, 5.41) is 1.72. The number of unbranched alkanes of at least 4 members (excludes halogenated alkanes) is 1. The minimum atomic E-state index is 0.531. The van der Waals surface area contributed by atoms with Crippen LogP contribution in [0.3, 0.4) is 0 Å². The fourth-order valence-corrected chi connectivity index (χ4v) is 2.65. The predicted molar refractivity (Wildman–Crippen MR) is 86.1 cm³/mol. The highest BCUT2D eigenvalue weighted by atomic mass is 79.9. The minimum Gasteiger partial charge on any atom is -0.368 e.